The maximum Gasteiger partial charge on any atom is 0.319 e. The van der Waals surface area contributed by atoms with Crippen LogP contribution in [0.4, 0.5) is 10.5 Å². The first-order chi connectivity index (χ1) is 14.7. The number of hydrogen-bond donors (Lipinski definition) is 0. The quantitative estimate of drug-likeness (QED) is 0.390. The number of unbranched alkanes of at least 4 members (excludes halogenated alkanes) is 4. The fourth-order valence-corrected chi connectivity index (χ4v) is 3.36. The van der Waals surface area contributed by atoms with E-state index >= 15 is 0 Å². The zero-order chi connectivity index (χ0) is 23.2. The van der Waals surface area contributed by atoms with Gasteiger partial charge in [-0.3, -0.25) is 9.59 Å². The molecule has 0 saturated heterocycles. The lowest BCUT2D eigenvalue weighted by Crippen LogP contribution is -2.39. The van der Waals surface area contributed by atoms with Crippen molar-refractivity contribution >= 4 is 23.4 Å². The van der Waals surface area contributed by atoms with Crippen molar-refractivity contribution in [2.75, 3.05) is 39.1 Å². The smallest absolute Gasteiger partial charge is 0.319 e. The van der Waals surface area contributed by atoms with E-state index in [1.165, 1.54) is 0 Å². The highest BCUT2D eigenvalue weighted by atomic mass is 16.2. The molecular weight excluding hydrogens is 390 g/mol. The third-order valence-electron chi connectivity index (χ3n) is 5.62. The number of carbonyl (C=O) groups is 3. The molecule has 6 heteroatoms. The minimum atomic E-state index is 0.0261. The summed E-state index contributed by atoms with van der Waals surface area (Å²) in [5, 5.41) is 0. The first-order valence-corrected chi connectivity index (χ1v) is 11.5. The van der Waals surface area contributed by atoms with Crippen molar-refractivity contribution in [2.45, 2.75) is 65.2 Å². The second-order valence-corrected chi connectivity index (χ2v) is 8.66. The van der Waals surface area contributed by atoms with Crippen molar-refractivity contribution < 1.29 is 14.4 Å². The third-order valence-corrected chi connectivity index (χ3v) is 5.62. The monoisotopic (exact) mass is 431 g/mol. The van der Waals surface area contributed by atoms with E-state index in [9.17, 15) is 14.4 Å². The molecule has 0 aliphatic carbocycles. The minimum absolute atomic E-state index is 0.0261. The molecule has 1 aromatic rings. The Morgan fingerprint density at radius 1 is 0.742 bits per heavy atom. The molecular formula is C25H41N3O3. The van der Waals surface area contributed by atoms with Gasteiger partial charge in [0.15, 0.2) is 0 Å². The van der Waals surface area contributed by atoms with E-state index in [0.29, 0.717) is 31.7 Å². The van der Waals surface area contributed by atoms with Gasteiger partial charge in [-0.25, -0.2) is 4.79 Å². The number of benzene rings is 1. The number of hydrogen-bond acceptors (Lipinski definition) is 3. The summed E-state index contributed by atoms with van der Waals surface area (Å²) in [7, 11) is 5.47. The summed E-state index contributed by atoms with van der Waals surface area (Å²) in [6, 6.07) is 9.68. The van der Waals surface area contributed by atoms with Crippen molar-refractivity contribution in [3.63, 3.8) is 0 Å². The number of para-hydroxylation sites is 1. The van der Waals surface area contributed by atoms with Gasteiger partial charge in [-0.15, -0.1) is 0 Å². The van der Waals surface area contributed by atoms with Gasteiger partial charge in [0.05, 0.1) is 0 Å². The Balaban J connectivity index is 2.15. The Morgan fingerprint density at radius 2 is 1.26 bits per heavy atom. The number of anilines is 1. The van der Waals surface area contributed by atoms with Gasteiger partial charge in [-0.05, 0) is 37.8 Å². The van der Waals surface area contributed by atoms with Crippen LogP contribution in [0.1, 0.15) is 65.2 Å². The van der Waals surface area contributed by atoms with Crippen LogP contribution in [0.25, 0.3) is 0 Å². The van der Waals surface area contributed by atoms with Crippen LogP contribution in [0.15, 0.2) is 30.3 Å². The van der Waals surface area contributed by atoms with E-state index in [0.717, 1.165) is 44.2 Å². The molecule has 31 heavy (non-hydrogen) atoms. The number of ketones is 1. The van der Waals surface area contributed by atoms with Gasteiger partial charge < -0.3 is 14.7 Å². The zero-order valence-electron chi connectivity index (χ0n) is 20.1. The average Bonchev–Trinajstić information content (AvgIpc) is 2.77. The summed E-state index contributed by atoms with van der Waals surface area (Å²) in [5.74, 6) is 0.545. The Bertz CT molecular complexity index is 676. The summed E-state index contributed by atoms with van der Waals surface area (Å²) < 4.78 is 0. The maximum absolute atomic E-state index is 12.5. The van der Waals surface area contributed by atoms with Crippen LogP contribution < -0.4 is 4.90 Å². The second-order valence-electron chi connectivity index (χ2n) is 8.66. The number of nitrogens with zero attached hydrogens (tertiary/aromatic N) is 3. The van der Waals surface area contributed by atoms with Crippen molar-refractivity contribution in [2.24, 2.45) is 5.92 Å². The molecule has 6 nitrogen and oxygen atoms in total. The lowest BCUT2D eigenvalue weighted by Gasteiger charge is -2.25. The highest BCUT2D eigenvalue weighted by Gasteiger charge is 2.14. The van der Waals surface area contributed by atoms with Gasteiger partial charge in [0.1, 0.15) is 5.78 Å². The first-order valence-electron chi connectivity index (χ1n) is 11.5. The minimum Gasteiger partial charge on any atom is -0.328 e. The van der Waals surface area contributed by atoms with Crippen LogP contribution in [0.5, 0.6) is 0 Å². The van der Waals surface area contributed by atoms with E-state index in [2.05, 4.69) is 0 Å². The average molecular weight is 432 g/mol. The first kappa shape index (κ1) is 26.7. The molecule has 0 aromatic heterocycles. The van der Waals surface area contributed by atoms with Gasteiger partial charge in [0.2, 0.25) is 5.91 Å². The molecule has 0 spiro atoms. The standard InChI is InChI=1S/C25H41N3O3/c1-21(2)23(29)17-11-7-13-19-26(3)25(31)27(4)20-14-8-12-18-24(30)28(5)22-15-9-6-10-16-22/h6,9-10,15-16,21H,7-8,11-14,17-20H2,1-5H3. The van der Waals surface area contributed by atoms with Crippen LogP contribution in [-0.4, -0.2) is 61.8 Å². The lowest BCUT2D eigenvalue weighted by atomic mass is 10.0. The highest BCUT2D eigenvalue weighted by Crippen LogP contribution is 2.14. The molecule has 0 heterocycles. The normalized spacial score (nSPS) is 10.8. The predicted octanol–water partition coefficient (Wildman–Crippen LogP) is 4.98. The third kappa shape index (κ3) is 10.5. The van der Waals surface area contributed by atoms with Crippen molar-refractivity contribution in [1.29, 1.82) is 0 Å². The molecule has 174 valence electrons. The van der Waals surface area contributed by atoms with Crippen LogP contribution in [0, 0.1) is 5.92 Å². The Morgan fingerprint density at radius 3 is 1.77 bits per heavy atom. The molecule has 0 saturated carbocycles. The number of urea groups is 1. The fourth-order valence-electron chi connectivity index (χ4n) is 3.36. The van der Waals surface area contributed by atoms with Crippen LogP contribution >= 0.6 is 0 Å². The van der Waals surface area contributed by atoms with E-state index < -0.39 is 0 Å². The molecule has 0 atom stereocenters. The van der Waals surface area contributed by atoms with E-state index in [1.54, 1.807) is 14.7 Å². The molecule has 0 unspecified atom stereocenters. The molecule has 0 bridgehead atoms. The van der Waals surface area contributed by atoms with Gasteiger partial charge in [-0.1, -0.05) is 44.9 Å². The molecule has 1 rings (SSSR count). The Kier molecular flexibility index (Phi) is 12.6. The molecule has 3 amide bonds. The SMILES string of the molecule is CC(C)C(=O)CCCCCN(C)C(=O)N(C)CCCCCC(=O)N(C)c1ccccc1. The summed E-state index contributed by atoms with van der Waals surface area (Å²) in [4.78, 5) is 41.6. The van der Waals surface area contributed by atoms with Crippen molar-refractivity contribution in [3.05, 3.63) is 30.3 Å². The van der Waals surface area contributed by atoms with Gasteiger partial charge in [-0.2, -0.15) is 0 Å². The Labute approximate surface area is 188 Å². The molecule has 0 N–H and O–H groups in total. The molecule has 0 fully saturated rings. The molecule has 1 aromatic carbocycles. The largest absolute Gasteiger partial charge is 0.328 e. The number of rotatable bonds is 14. The van der Waals surface area contributed by atoms with E-state index in [1.807, 2.05) is 65.3 Å². The second kappa shape index (κ2) is 14.6. The van der Waals surface area contributed by atoms with Crippen molar-refractivity contribution in [1.82, 2.24) is 9.80 Å². The summed E-state index contributed by atoms with van der Waals surface area (Å²) in [5.41, 5.74) is 0.910. The summed E-state index contributed by atoms with van der Waals surface area (Å²) in [6.07, 6.45) is 6.55. The lowest BCUT2D eigenvalue weighted by molar-refractivity contribution is -0.122. The predicted molar refractivity (Wildman–Crippen MR) is 127 cm³/mol. The topological polar surface area (TPSA) is 60.9 Å². The van der Waals surface area contributed by atoms with Gasteiger partial charge in [0.25, 0.3) is 0 Å². The Hall–Kier alpha value is -2.37. The fraction of sp³-hybridized carbons (Fsp3) is 0.640. The number of amides is 3. The van der Waals surface area contributed by atoms with E-state index in [-0.39, 0.29) is 17.9 Å². The summed E-state index contributed by atoms with van der Waals surface area (Å²) >= 11 is 0. The van der Waals surface area contributed by atoms with Crippen molar-refractivity contribution in [3.8, 4) is 0 Å². The van der Waals surface area contributed by atoms with Crippen LogP contribution in [-0.2, 0) is 9.59 Å². The van der Waals surface area contributed by atoms with Gasteiger partial charge in [0, 0.05) is 58.7 Å². The molecule has 0 aliphatic rings. The number of carbonyl (C=O) groups excluding carboxylic acids is 3. The summed E-state index contributed by atoms with van der Waals surface area (Å²) in [6.45, 7) is 5.27. The molecule has 0 radical (unpaired) electrons. The van der Waals surface area contributed by atoms with Crippen LogP contribution in [0.3, 0.4) is 0 Å². The zero-order valence-corrected chi connectivity index (χ0v) is 20.1. The molecule has 0 aliphatic heterocycles. The number of Topliss-reactive ketones (excluding diaryl/α,β-unsaturated/α-hetero) is 1. The van der Waals surface area contributed by atoms with Gasteiger partial charge >= 0.3 is 6.03 Å². The van der Waals surface area contributed by atoms with Crippen LogP contribution in [0.2, 0.25) is 0 Å². The van der Waals surface area contributed by atoms with E-state index in [4.69, 9.17) is 0 Å². The highest BCUT2D eigenvalue weighted by molar-refractivity contribution is 5.92. The maximum atomic E-state index is 12.5.